The van der Waals surface area contributed by atoms with Gasteiger partial charge in [0.25, 0.3) is 0 Å². The lowest BCUT2D eigenvalue weighted by molar-refractivity contribution is 0.162. The number of rotatable bonds is 2. The minimum Gasteiger partial charge on any atom is -0.221 e. The summed E-state index contributed by atoms with van der Waals surface area (Å²) in [6.07, 6.45) is 1.71. The number of alkyl halides is 1. The van der Waals surface area contributed by atoms with Crippen LogP contribution in [0.1, 0.15) is 19.8 Å². The molecule has 0 aliphatic heterocycles. The maximum atomic E-state index is 10.0. The predicted molar refractivity (Wildman–Crippen MR) is 28.3 cm³/mol. The lowest BCUT2D eigenvalue weighted by Gasteiger charge is -1.89. The maximum Gasteiger partial charge on any atom is 0.147 e. The van der Waals surface area contributed by atoms with E-state index in [-0.39, 0.29) is 0 Å². The minimum absolute atomic E-state index is 0.539. The second-order valence-corrected chi connectivity index (χ2v) is 2.22. The van der Waals surface area contributed by atoms with Crippen LogP contribution in [-0.2, 0) is 5.11 Å². The first-order valence-electron chi connectivity index (χ1n) is 2.07. The molecule has 0 aliphatic carbocycles. The van der Waals surface area contributed by atoms with Crippen molar-refractivity contribution in [2.75, 3.05) is 0 Å². The van der Waals surface area contributed by atoms with Gasteiger partial charge in [-0.3, -0.25) is 0 Å². The molecule has 1 unspecified atom stereocenters. The van der Waals surface area contributed by atoms with E-state index in [4.69, 9.17) is 0 Å². The van der Waals surface area contributed by atoms with E-state index >= 15 is 0 Å². The summed E-state index contributed by atoms with van der Waals surface area (Å²) in [6.45, 7) is 1.99. The van der Waals surface area contributed by atoms with Gasteiger partial charge in [0.05, 0.1) is 0 Å². The molecule has 1 atom stereocenters. The van der Waals surface area contributed by atoms with Crippen LogP contribution in [0.4, 0.5) is 0 Å². The zero-order valence-electron chi connectivity index (χ0n) is 3.78. The van der Waals surface area contributed by atoms with Gasteiger partial charge in [0.1, 0.15) is 5.01 Å². The smallest absolute Gasteiger partial charge is 0.147 e. The van der Waals surface area contributed by atoms with E-state index in [9.17, 15) is 5.11 Å². The third-order valence-corrected chi connectivity index (χ3v) is 0.973. The fourth-order valence-electron chi connectivity index (χ4n) is 0.227. The van der Waals surface area contributed by atoms with Crippen LogP contribution in [0.5, 0.6) is 0 Å². The van der Waals surface area contributed by atoms with E-state index < -0.39 is 5.01 Å². The Bertz CT molecular complexity index is 28.7. The largest absolute Gasteiger partial charge is 0.221 e. The third kappa shape index (κ3) is 4.44. The Balaban J connectivity index is 2.63. The van der Waals surface area contributed by atoms with Crippen molar-refractivity contribution in [1.29, 1.82) is 0 Å². The summed E-state index contributed by atoms with van der Waals surface area (Å²) in [5.41, 5.74) is 0. The molecule has 0 saturated heterocycles. The third-order valence-electron chi connectivity index (χ3n) is 0.516. The number of halogens is 1. The maximum absolute atomic E-state index is 10.0. The first-order chi connectivity index (χ1) is 2.77. The fraction of sp³-hybridized carbons (Fsp3) is 1.00. The summed E-state index contributed by atoms with van der Waals surface area (Å²) in [4.78, 5) is 0. The molecule has 0 saturated carbocycles. The normalized spacial score (nSPS) is 14.5. The van der Waals surface area contributed by atoms with E-state index in [1.54, 1.807) is 0 Å². The van der Waals surface area contributed by atoms with Gasteiger partial charge in [-0.25, -0.2) is 5.11 Å². The molecule has 0 aromatic rings. The molecule has 0 aliphatic rings. The molecule has 0 amide bonds. The zero-order chi connectivity index (χ0) is 4.99. The van der Waals surface area contributed by atoms with Gasteiger partial charge in [0.2, 0.25) is 0 Å². The lowest BCUT2D eigenvalue weighted by Crippen LogP contribution is -1.87. The predicted octanol–water partition coefficient (Wildman–Crippen LogP) is 1.94. The van der Waals surface area contributed by atoms with Crippen LogP contribution in [0, 0.1) is 0 Å². The van der Waals surface area contributed by atoms with Crippen molar-refractivity contribution in [3.05, 3.63) is 0 Å². The van der Waals surface area contributed by atoms with Crippen molar-refractivity contribution >= 4 is 15.9 Å². The number of hydrogen-bond acceptors (Lipinski definition) is 0. The van der Waals surface area contributed by atoms with Crippen LogP contribution < -0.4 is 0 Å². The Morgan fingerprint density at radius 3 is 2.33 bits per heavy atom. The highest BCUT2D eigenvalue weighted by Crippen LogP contribution is 2.02. The van der Waals surface area contributed by atoms with Gasteiger partial charge in [0.15, 0.2) is 0 Å². The zero-order valence-corrected chi connectivity index (χ0v) is 5.36. The molecule has 1 radical (unpaired) electrons. The van der Waals surface area contributed by atoms with Gasteiger partial charge in [-0.15, -0.1) is 0 Å². The molecule has 0 heterocycles. The van der Waals surface area contributed by atoms with E-state index in [0.29, 0.717) is 0 Å². The molecule has 0 aromatic heterocycles. The summed E-state index contributed by atoms with van der Waals surface area (Å²) in [5, 5.41) is 9.50. The molecule has 6 heavy (non-hydrogen) atoms. The fourth-order valence-corrected chi connectivity index (χ4v) is 0.685. The van der Waals surface area contributed by atoms with Crippen LogP contribution in [0.25, 0.3) is 0 Å². The summed E-state index contributed by atoms with van der Waals surface area (Å²) < 4.78 is 0. The van der Waals surface area contributed by atoms with Gasteiger partial charge in [-0.2, -0.15) is 0 Å². The van der Waals surface area contributed by atoms with Crippen molar-refractivity contribution in [3.63, 3.8) is 0 Å². The van der Waals surface area contributed by atoms with E-state index in [0.717, 1.165) is 12.8 Å². The summed E-state index contributed by atoms with van der Waals surface area (Å²) in [6, 6.07) is 0. The SMILES string of the molecule is CCCC([O])Br. The van der Waals surface area contributed by atoms with Crippen LogP contribution >= 0.6 is 15.9 Å². The van der Waals surface area contributed by atoms with E-state index in [1.807, 2.05) is 6.92 Å². The average Bonchev–Trinajstić information content (AvgIpc) is 1.35. The Kier molecular flexibility index (Phi) is 3.89. The molecule has 0 N–H and O–H groups in total. The Hall–Kier alpha value is 0.440. The molecular formula is C4H8BrO. The van der Waals surface area contributed by atoms with E-state index in [1.165, 1.54) is 0 Å². The Labute approximate surface area is 46.5 Å². The van der Waals surface area contributed by atoms with Gasteiger partial charge in [-0.1, -0.05) is 29.3 Å². The summed E-state index contributed by atoms with van der Waals surface area (Å²) in [5.74, 6) is 0. The molecule has 37 valence electrons. The van der Waals surface area contributed by atoms with Gasteiger partial charge in [-0.05, 0) is 6.42 Å². The molecule has 0 fully saturated rings. The van der Waals surface area contributed by atoms with Crippen LogP contribution in [0.3, 0.4) is 0 Å². The highest BCUT2D eigenvalue weighted by atomic mass is 79.9. The topological polar surface area (TPSA) is 19.9 Å². The second kappa shape index (κ2) is 3.62. The van der Waals surface area contributed by atoms with Crippen LogP contribution in [-0.4, -0.2) is 5.01 Å². The molecule has 0 aromatic carbocycles. The monoisotopic (exact) mass is 151 g/mol. The highest BCUT2D eigenvalue weighted by molar-refractivity contribution is 9.09. The van der Waals surface area contributed by atoms with Gasteiger partial charge < -0.3 is 0 Å². The van der Waals surface area contributed by atoms with Crippen LogP contribution in [0.2, 0.25) is 0 Å². The molecule has 0 spiro atoms. The van der Waals surface area contributed by atoms with Crippen molar-refractivity contribution in [3.8, 4) is 0 Å². The van der Waals surface area contributed by atoms with Crippen molar-refractivity contribution in [2.24, 2.45) is 0 Å². The molecule has 2 heteroatoms. The summed E-state index contributed by atoms with van der Waals surface area (Å²) in [7, 11) is 0. The van der Waals surface area contributed by atoms with Gasteiger partial charge >= 0.3 is 0 Å². The average molecular weight is 152 g/mol. The van der Waals surface area contributed by atoms with Crippen molar-refractivity contribution in [1.82, 2.24) is 0 Å². The first kappa shape index (κ1) is 6.44. The number of hydrogen-bond donors (Lipinski definition) is 0. The van der Waals surface area contributed by atoms with Gasteiger partial charge in [0, 0.05) is 0 Å². The van der Waals surface area contributed by atoms with E-state index in [2.05, 4.69) is 15.9 Å². The first-order valence-corrected chi connectivity index (χ1v) is 2.98. The Morgan fingerprint density at radius 2 is 2.33 bits per heavy atom. The highest BCUT2D eigenvalue weighted by Gasteiger charge is 1.92. The standard InChI is InChI=1S/C4H8BrO/c1-2-3-4(5)6/h4H,2-3H2,1H3. The molecule has 0 rings (SSSR count). The Morgan fingerprint density at radius 1 is 1.83 bits per heavy atom. The molecule has 1 nitrogen and oxygen atoms in total. The van der Waals surface area contributed by atoms with Crippen molar-refractivity contribution < 1.29 is 5.11 Å². The van der Waals surface area contributed by atoms with Crippen molar-refractivity contribution in [2.45, 2.75) is 24.8 Å². The quantitative estimate of drug-likeness (QED) is 0.539. The second-order valence-electron chi connectivity index (χ2n) is 1.20. The lowest BCUT2D eigenvalue weighted by atomic mass is 10.4. The minimum atomic E-state index is -0.539. The molecular weight excluding hydrogens is 144 g/mol. The summed E-state index contributed by atoms with van der Waals surface area (Å²) >= 11 is 2.88. The molecule has 0 bridgehead atoms. The van der Waals surface area contributed by atoms with Crippen LogP contribution in [0.15, 0.2) is 0 Å².